The molecule has 146 valence electrons. The van der Waals surface area contributed by atoms with Crippen molar-refractivity contribution in [1.82, 2.24) is 19.9 Å². The number of fused-ring (bicyclic) bond motifs is 1. The summed E-state index contributed by atoms with van der Waals surface area (Å²) in [5.74, 6) is 0.457. The number of hydrogen-bond acceptors (Lipinski definition) is 7. The van der Waals surface area contributed by atoms with Gasteiger partial charge in [-0.3, -0.25) is 14.8 Å². The Bertz CT molecular complexity index is 1130. The molecule has 0 bridgehead atoms. The summed E-state index contributed by atoms with van der Waals surface area (Å²) in [4.78, 5) is 30.7. The Balaban J connectivity index is 1.61. The molecule has 0 saturated heterocycles. The van der Waals surface area contributed by atoms with Crippen LogP contribution in [0.4, 0.5) is 5.95 Å². The number of ketones is 1. The number of carbonyl (C=O) groups is 1. The van der Waals surface area contributed by atoms with E-state index in [0.717, 1.165) is 27.0 Å². The van der Waals surface area contributed by atoms with Crippen molar-refractivity contribution < 1.29 is 4.79 Å². The standard InChI is InChI=1S/C22H21N5OS/c1-14-13-29-21-19(14)26-22(25-15(2)17-7-3-4-11-24-17)27-20(21)18(28)9-8-16-6-5-10-23-12-16/h3-7,10-13,15H,8-9H2,1-2H3,(H,25,26,27)/t15-/m0/s1. The van der Waals surface area contributed by atoms with Gasteiger partial charge in [0.2, 0.25) is 5.95 Å². The number of thiophene rings is 1. The van der Waals surface area contributed by atoms with Crippen LogP contribution >= 0.6 is 11.3 Å². The number of carbonyl (C=O) groups excluding carboxylic acids is 1. The van der Waals surface area contributed by atoms with Crippen LogP contribution in [0.2, 0.25) is 0 Å². The molecule has 0 amide bonds. The van der Waals surface area contributed by atoms with Gasteiger partial charge in [0.1, 0.15) is 5.69 Å². The molecule has 0 aromatic carbocycles. The third-order valence-corrected chi connectivity index (χ3v) is 5.79. The second-order valence-corrected chi connectivity index (χ2v) is 7.78. The van der Waals surface area contributed by atoms with Crippen molar-refractivity contribution in [3.8, 4) is 0 Å². The van der Waals surface area contributed by atoms with Crippen LogP contribution in [0.1, 0.15) is 46.7 Å². The maximum absolute atomic E-state index is 13.0. The van der Waals surface area contributed by atoms with Crippen molar-refractivity contribution in [3.63, 3.8) is 0 Å². The van der Waals surface area contributed by atoms with E-state index in [1.807, 2.05) is 49.6 Å². The third-order valence-electron chi connectivity index (χ3n) is 4.70. The predicted molar refractivity (Wildman–Crippen MR) is 115 cm³/mol. The third kappa shape index (κ3) is 4.30. The number of nitrogens with zero attached hydrogens (tertiary/aromatic N) is 4. The Labute approximate surface area is 173 Å². The summed E-state index contributed by atoms with van der Waals surface area (Å²) >= 11 is 1.52. The van der Waals surface area contributed by atoms with E-state index in [4.69, 9.17) is 0 Å². The molecule has 7 heteroatoms. The molecule has 6 nitrogen and oxygen atoms in total. The quantitative estimate of drug-likeness (QED) is 0.447. The molecule has 0 unspecified atom stereocenters. The van der Waals surface area contributed by atoms with Gasteiger partial charge >= 0.3 is 0 Å². The molecule has 0 radical (unpaired) electrons. The summed E-state index contributed by atoms with van der Waals surface area (Å²) < 4.78 is 0.842. The van der Waals surface area contributed by atoms with Gasteiger partial charge in [-0.25, -0.2) is 9.97 Å². The largest absolute Gasteiger partial charge is 0.346 e. The lowest BCUT2D eigenvalue weighted by Crippen LogP contribution is -2.13. The average Bonchev–Trinajstić information content (AvgIpc) is 3.13. The fourth-order valence-electron chi connectivity index (χ4n) is 3.11. The average molecular weight is 404 g/mol. The molecule has 0 aliphatic carbocycles. The Morgan fingerprint density at radius 1 is 1.17 bits per heavy atom. The maximum atomic E-state index is 13.0. The molecule has 0 saturated carbocycles. The van der Waals surface area contributed by atoms with Gasteiger partial charge < -0.3 is 5.32 Å². The number of Topliss-reactive ketones (excluding diaryl/α,β-unsaturated/α-hetero) is 1. The van der Waals surface area contributed by atoms with Gasteiger partial charge in [-0.15, -0.1) is 11.3 Å². The number of anilines is 1. The summed E-state index contributed by atoms with van der Waals surface area (Å²) in [5.41, 5.74) is 4.28. The summed E-state index contributed by atoms with van der Waals surface area (Å²) in [5, 5.41) is 5.31. The molecular weight excluding hydrogens is 382 g/mol. The smallest absolute Gasteiger partial charge is 0.224 e. The predicted octanol–water partition coefficient (Wildman–Crippen LogP) is 4.78. The second kappa shape index (κ2) is 8.45. The van der Waals surface area contributed by atoms with Crippen LogP contribution in [0.3, 0.4) is 0 Å². The van der Waals surface area contributed by atoms with E-state index in [-0.39, 0.29) is 11.8 Å². The Morgan fingerprint density at radius 3 is 2.83 bits per heavy atom. The normalized spacial score (nSPS) is 12.1. The van der Waals surface area contributed by atoms with Gasteiger partial charge in [0.05, 0.1) is 22.0 Å². The van der Waals surface area contributed by atoms with Gasteiger partial charge in [-0.05, 0) is 55.0 Å². The zero-order valence-corrected chi connectivity index (χ0v) is 17.1. The van der Waals surface area contributed by atoms with Crippen molar-refractivity contribution >= 4 is 33.3 Å². The highest BCUT2D eigenvalue weighted by molar-refractivity contribution is 7.17. The minimum atomic E-state index is -0.0778. The lowest BCUT2D eigenvalue weighted by atomic mass is 10.1. The fourth-order valence-corrected chi connectivity index (χ4v) is 4.10. The first-order valence-electron chi connectivity index (χ1n) is 9.47. The molecule has 0 aliphatic heterocycles. The minimum absolute atomic E-state index is 0.0108. The number of nitrogens with one attached hydrogen (secondary N) is 1. The zero-order chi connectivity index (χ0) is 20.2. The van der Waals surface area contributed by atoms with Crippen molar-refractivity contribution in [2.45, 2.75) is 32.7 Å². The molecule has 0 fully saturated rings. The fraction of sp³-hybridized carbons (Fsp3) is 0.227. The zero-order valence-electron chi connectivity index (χ0n) is 16.3. The van der Waals surface area contributed by atoms with E-state index in [1.54, 1.807) is 18.6 Å². The number of aryl methyl sites for hydroxylation is 2. The highest BCUT2D eigenvalue weighted by atomic mass is 32.1. The Morgan fingerprint density at radius 2 is 2.07 bits per heavy atom. The summed E-state index contributed by atoms with van der Waals surface area (Å²) in [6.07, 6.45) is 6.29. The van der Waals surface area contributed by atoms with Crippen LogP contribution in [0, 0.1) is 6.92 Å². The van der Waals surface area contributed by atoms with E-state index < -0.39 is 0 Å². The van der Waals surface area contributed by atoms with Crippen molar-refractivity contribution in [2.75, 3.05) is 5.32 Å². The molecule has 4 heterocycles. The summed E-state index contributed by atoms with van der Waals surface area (Å²) in [7, 11) is 0. The molecular formula is C22H21N5OS. The lowest BCUT2D eigenvalue weighted by Gasteiger charge is -2.14. The topological polar surface area (TPSA) is 80.7 Å². The summed E-state index contributed by atoms with van der Waals surface area (Å²) in [6.45, 7) is 4.00. The Hall–Kier alpha value is -3.19. The first-order valence-corrected chi connectivity index (χ1v) is 10.3. The Kier molecular flexibility index (Phi) is 5.57. The molecule has 0 spiro atoms. The van der Waals surface area contributed by atoms with Gasteiger partial charge in [0.15, 0.2) is 5.78 Å². The van der Waals surface area contributed by atoms with Crippen molar-refractivity contribution in [1.29, 1.82) is 0 Å². The van der Waals surface area contributed by atoms with Crippen LogP contribution in [0.25, 0.3) is 10.2 Å². The monoisotopic (exact) mass is 403 g/mol. The second-order valence-electron chi connectivity index (χ2n) is 6.90. The van der Waals surface area contributed by atoms with Crippen molar-refractivity contribution in [3.05, 3.63) is 76.8 Å². The van der Waals surface area contributed by atoms with Gasteiger partial charge in [-0.1, -0.05) is 12.1 Å². The lowest BCUT2D eigenvalue weighted by molar-refractivity contribution is 0.0980. The molecule has 0 aliphatic rings. The minimum Gasteiger partial charge on any atom is -0.346 e. The van der Waals surface area contributed by atoms with Gasteiger partial charge in [0, 0.05) is 25.0 Å². The van der Waals surface area contributed by atoms with Crippen LogP contribution in [0.5, 0.6) is 0 Å². The summed E-state index contributed by atoms with van der Waals surface area (Å²) in [6, 6.07) is 9.56. The van der Waals surface area contributed by atoms with Crippen LogP contribution in [-0.2, 0) is 6.42 Å². The van der Waals surface area contributed by atoms with Crippen LogP contribution in [-0.4, -0.2) is 25.7 Å². The van der Waals surface area contributed by atoms with E-state index in [1.165, 1.54) is 11.3 Å². The number of hydrogen-bond donors (Lipinski definition) is 1. The highest BCUT2D eigenvalue weighted by Gasteiger charge is 2.19. The molecule has 4 rings (SSSR count). The van der Waals surface area contributed by atoms with E-state index >= 15 is 0 Å². The first kappa shape index (κ1) is 19.1. The van der Waals surface area contributed by atoms with Crippen molar-refractivity contribution in [2.24, 2.45) is 0 Å². The molecule has 29 heavy (non-hydrogen) atoms. The number of aromatic nitrogens is 4. The SMILES string of the molecule is Cc1csc2c(C(=O)CCc3cccnc3)nc(N[C@@H](C)c3ccccn3)nc12. The molecule has 1 atom stereocenters. The van der Waals surface area contributed by atoms with E-state index in [2.05, 4.69) is 25.3 Å². The maximum Gasteiger partial charge on any atom is 0.224 e. The van der Waals surface area contributed by atoms with Gasteiger partial charge in [-0.2, -0.15) is 0 Å². The molecule has 1 N–H and O–H groups in total. The van der Waals surface area contributed by atoms with Gasteiger partial charge in [0.25, 0.3) is 0 Å². The molecule has 4 aromatic rings. The van der Waals surface area contributed by atoms with Crippen LogP contribution in [0.15, 0.2) is 54.3 Å². The number of pyridine rings is 2. The first-order chi connectivity index (χ1) is 14.1. The van der Waals surface area contributed by atoms with Crippen LogP contribution < -0.4 is 5.32 Å². The number of rotatable bonds is 7. The molecule has 4 aromatic heterocycles. The van der Waals surface area contributed by atoms with E-state index in [9.17, 15) is 4.79 Å². The van der Waals surface area contributed by atoms with E-state index in [0.29, 0.717) is 24.5 Å². The highest BCUT2D eigenvalue weighted by Crippen LogP contribution is 2.29.